The van der Waals surface area contributed by atoms with Gasteiger partial charge in [-0.1, -0.05) is 0 Å². The van der Waals surface area contributed by atoms with Crippen LogP contribution in [0.4, 0.5) is 20.2 Å². The van der Waals surface area contributed by atoms with Gasteiger partial charge in [-0.2, -0.15) is 0 Å². The highest BCUT2D eigenvalue weighted by molar-refractivity contribution is 5.91. The molecule has 168 valence electrons. The number of carbonyl (C=O) groups excluding carboxylic acids is 1. The molecule has 0 bridgehead atoms. The average Bonchev–Trinajstić information content (AvgIpc) is 2.82. The number of aldehydes is 1. The van der Waals surface area contributed by atoms with E-state index in [1.165, 1.54) is 24.3 Å². The Morgan fingerprint density at radius 3 is 2.47 bits per heavy atom. The minimum Gasteiger partial charge on any atom is -0.383 e. The SMILES string of the molecule is COCC(C=O)(CNc1ccc(F)cc1)N1CCN(c2ccnc3ccc(F)cc23)CC1. The number of hydrogen-bond donors (Lipinski definition) is 1. The van der Waals surface area contributed by atoms with Gasteiger partial charge in [0.05, 0.1) is 12.1 Å². The highest BCUT2D eigenvalue weighted by atomic mass is 19.1. The van der Waals surface area contributed by atoms with Crippen molar-refractivity contribution in [1.82, 2.24) is 9.88 Å². The zero-order valence-corrected chi connectivity index (χ0v) is 17.9. The number of nitrogens with one attached hydrogen (secondary N) is 1. The van der Waals surface area contributed by atoms with E-state index in [1.54, 1.807) is 31.5 Å². The van der Waals surface area contributed by atoms with Crippen LogP contribution >= 0.6 is 0 Å². The molecule has 1 aliphatic rings. The van der Waals surface area contributed by atoms with Gasteiger partial charge >= 0.3 is 0 Å². The van der Waals surface area contributed by atoms with Crippen LogP contribution in [-0.2, 0) is 9.53 Å². The second-order valence-electron chi connectivity index (χ2n) is 7.98. The summed E-state index contributed by atoms with van der Waals surface area (Å²) in [4.78, 5) is 20.9. The number of methoxy groups -OCH3 is 1. The number of benzene rings is 2. The molecule has 2 aromatic carbocycles. The van der Waals surface area contributed by atoms with Crippen molar-refractivity contribution in [3.8, 4) is 0 Å². The van der Waals surface area contributed by atoms with Crippen LogP contribution in [0.25, 0.3) is 10.9 Å². The molecule has 8 heteroatoms. The molecule has 1 saturated heterocycles. The van der Waals surface area contributed by atoms with Crippen LogP contribution in [-0.4, -0.2) is 68.1 Å². The molecule has 1 N–H and O–H groups in total. The highest BCUT2D eigenvalue weighted by Gasteiger charge is 2.38. The Labute approximate surface area is 185 Å². The van der Waals surface area contributed by atoms with Crippen LogP contribution in [0.1, 0.15) is 0 Å². The molecule has 1 unspecified atom stereocenters. The average molecular weight is 440 g/mol. The topological polar surface area (TPSA) is 57.7 Å². The summed E-state index contributed by atoms with van der Waals surface area (Å²) in [5, 5.41) is 4.01. The van der Waals surface area contributed by atoms with E-state index in [-0.39, 0.29) is 18.2 Å². The summed E-state index contributed by atoms with van der Waals surface area (Å²) in [6, 6.07) is 12.5. The Hall–Kier alpha value is -3.10. The number of nitrogens with zero attached hydrogens (tertiary/aromatic N) is 3. The van der Waals surface area contributed by atoms with Crippen molar-refractivity contribution in [2.45, 2.75) is 5.54 Å². The summed E-state index contributed by atoms with van der Waals surface area (Å²) in [5.74, 6) is -0.606. The normalized spacial score (nSPS) is 16.7. The van der Waals surface area contributed by atoms with E-state index < -0.39 is 5.54 Å². The number of fused-ring (bicyclic) bond motifs is 1. The van der Waals surface area contributed by atoms with Crippen molar-refractivity contribution < 1.29 is 18.3 Å². The molecule has 1 atom stereocenters. The first-order chi connectivity index (χ1) is 15.5. The molecule has 1 aliphatic heterocycles. The monoisotopic (exact) mass is 440 g/mol. The maximum Gasteiger partial charge on any atom is 0.144 e. The lowest BCUT2D eigenvalue weighted by Crippen LogP contribution is -2.63. The predicted molar refractivity (Wildman–Crippen MR) is 121 cm³/mol. The van der Waals surface area contributed by atoms with Crippen molar-refractivity contribution in [2.24, 2.45) is 0 Å². The van der Waals surface area contributed by atoms with Crippen molar-refractivity contribution in [3.63, 3.8) is 0 Å². The number of halogens is 2. The van der Waals surface area contributed by atoms with E-state index in [0.29, 0.717) is 32.7 Å². The quantitative estimate of drug-likeness (QED) is 0.543. The molecule has 0 spiro atoms. The van der Waals surface area contributed by atoms with Gasteiger partial charge in [0.15, 0.2) is 0 Å². The summed E-state index contributed by atoms with van der Waals surface area (Å²) in [6.45, 7) is 3.17. The van der Waals surface area contributed by atoms with Crippen LogP contribution in [0.2, 0.25) is 0 Å². The molecule has 0 saturated carbocycles. The Morgan fingerprint density at radius 1 is 1.06 bits per heavy atom. The summed E-state index contributed by atoms with van der Waals surface area (Å²) < 4.78 is 32.4. The van der Waals surface area contributed by atoms with Crippen LogP contribution in [0.5, 0.6) is 0 Å². The maximum absolute atomic E-state index is 13.8. The molecular weight excluding hydrogens is 414 g/mol. The number of ether oxygens (including phenoxy) is 1. The molecule has 6 nitrogen and oxygen atoms in total. The highest BCUT2D eigenvalue weighted by Crippen LogP contribution is 2.28. The second kappa shape index (κ2) is 9.58. The standard InChI is InChI=1S/C24H26F2N4O2/c1-32-17-24(16-31,15-28-20-5-2-18(25)3-6-20)30-12-10-29(11-13-30)23-8-9-27-22-7-4-19(26)14-21(22)23/h2-9,14,16,28H,10-13,15,17H2,1H3. The van der Waals surface area contributed by atoms with E-state index in [2.05, 4.69) is 20.1 Å². The summed E-state index contributed by atoms with van der Waals surface area (Å²) in [7, 11) is 1.57. The Balaban J connectivity index is 1.49. The second-order valence-corrected chi connectivity index (χ2v) is 7.98. The number of anilines is 2. The smallest absolute Gasteiger partial charge is 0.144 e. The van der Waals surface area contributed by atoms with Gasteiger partial charge in [-0.25, -0.2) is 8.78 Å². The van der Waals surface area contributed by atoms with E-state index in [1.807, 2.05) is 6.07 Å². The van der Waals surface area contributed by atoms with Crippen LogP contribution < -0.4 is 10.2 Å². The fourth-order valence-corrected chi connectivity index (χ4v) is 4.25. The molecule has 3 aromatic rings. The zero-order chi connectivity index (χ0) is 22.6. The van der Waals surface area contributed by atoms with Crippen LogP contribution in [0.15, 0.2) is 54.7 Å². The fraction of sp³-hybridized carbons (Fsp3) is 0.333. The third kappa shape index (κ3) is 4.56. The lowest BCUT2D eigenvalue weighted by molar-refractivity contribution is -0.121. The van der Waals surface area contributed by atoms with E-state index in [0.717, 1.165) is 28.6 Å². The van der Waals surface area contributed by atoms with E-state index in [9.17, 15) is 13.6 Å². The first-order valence-corrected chi connectivity index (χ1v) is 10.5. The largest absolute Gasteiger partial charge is 0.383 e. The predicted octanol–water partition coefficient (Wildman–Crippen LogP) is 3.33. The first kappa shape index (κ1) is 22.1. The number of rotatable bonds is 8. The maximum atomic E-state index is 13.8. The molecule has 2 heterocycles. The Morgan fingerprint density at radius 2 is 1.78 bits per heavy atom. The number of carbonyl (C=O) groups is 1. The zero-order valence-electron chi connectivity index (χ0n) is 17.9. The number of hydrogen-bond acceptors (Lipinski definition) is 6. The molecule has 32 heavy (non-hydrogen) atoms. The van der Waals surface area contributed by atoms with Gasteiger partial charge in [0, 0.05) is 62.8 Å². The number of piperazine rings is 1. The van der Waals surface area contributed by atoms with Crippen LogP contribution in [0, 0.1) is 11.6 Å². The van der Waals surface area contributed by atoms with Crippen molar-refractivity contribution in [1.29, 1.82) is 0 Å². The van der Waals surface area contributed by atoms with Gasteiger partial charge in [0.1, 0.15) is 23.5 Å². The van der Waals surface area contributed by atoms with Crippen LogP contribution in [0.3, 0.4) is 0 Å². The first-order valence-electron chi connectivity index (χ1n) is 10.5. The van der Waals surface area contributed by atoms with Gasteiger partial charge < -0.3 is 19.7 Å². The minimum atomic E-state index is -0.859. The molecule has 0 amide bonds. The third-order valence-corrected chi connectivity index (χ3v) is 5.99. The van der Waals surface area contributed by atoms with Crippen molar-refractivity contribution in [3.05, 3.63) is 66.4 Å². The van der Waals surface area contributed by atoms with Gasteiger partial charge in [0.2, 0.25) is 0 Å². The summed E-state index contributed by atoms with van der Waals surface area (Å²) in [5.41, 5.74) is 1.55. The minimum absolute atomic E-state index is 0.230. The van der Waals surface area contributed by atoms with Gasteiger partial charge in [-0.3, -0.25) is 9.88 Å². The fourth-order valence-electron chi connectivity index (χ4n) is 4.25. The number of pyridine rings is 1. The molecule has 1 fully saturated rings. The molecule has 1 aromatic heterocycles. The summed E-state index contributed by atoms with van der Waals surface area (Å²) >= 11 is 0. The van der Waals surface area contributed by atoms with Gasteiger partial charge in [-0.05, 0) is 48.5 Å². The molecular formula is C24H26F2N4O2. The Bertz CT molecular complexity index is 1070. The summed E-state index contributed by atoms with van der Waals surface area (Å²) in [6.07, 6.45) is 2.66. The van der Waals surface area contributed by atoms with E-state index in [4.69, 9.17) is 4.74 Å². The van der Waals surface area contributed by atoms with Crippen molar-refractivity contribution in [2.75, 3.05) is 56.7 Å². The lowest BCUT2D eigenvalue weighted by atomic mass is 9.98. The molecule has 0 radical (unpaired) electrons. The number of aromatic nitrogens is 1. The lowest BCUT2D eigenvalue weighted by Gasteiger charge is -2.45. The molecule has 4 rings (SSSR count). The third-order valence-electron chi connectivity index (χ3n) is 5.99. The van der Waals surface area contributed by atoms with E-state index >= 15 is 0 Å². The van der Waals surface area contributed by atoms with Gasteiger partial charge in [-0.15, -0.1) is 0 Å². The van der Waals surface area contributed by atoms with Gasteiger partial charge in [0.25, 0.3) is 0 Å². The molecule has 0 aliphatic carbocycles. The van der Waals surface area contributed by atoms with Crippen molar-refractivity contribution >= 4 is 28.6 Å². The Kier molecular flexibility index (Phi) is 6.62.